The molecule has 1 aliphatic rings. The summed E-state index contributed by atoms with van der Waals surface area (Å²) in [6.07, 6.45) is 0.0509. The maximum atomic E-state index is 13.1. The first kappa shape index (κ1) is 24.5. The van der Waals surface area contributed by atoms with Gasteiger partial charge in [-0.2, -0.15) is 0 Å². The smallest absolute Gasteiger partial charge is 0.312 e. The van der Waals surface area contributed by atoms with Crippen LogP contribution in [0.15, 0.2) is 78.9 Å². The standard InChI is InChI=1S/C26H27N5O5/c27-26(33)28-24(19-5-4-8-23(17-19)36-22-6-2-1-3-7-22)18-25(32)30-15-13-29(14-16-30)20-9-11-21(12-10-20)31(34)35/h1-12,17,24H,13-16,18H2,(H3,27,28,33). The molecule has 186 valence electrons. The van der Waals surface area contributed by atoms with Crippen molar-refractivity contribution in [1.82, 2.24) is 10.2 Å². The number of rotatable bonds is 8. The summed E-state index contributed by atoms with van der Waals surface area (Å²) in [5, 5.41) is 13.5. The number of nitrogens with two attached hydrogens (primary N) is 1. The molecule has 0 spiro atoms. The molecule has 0 radical (unpaired) electrons. The molecule has 0 saturated carbocycles. The first-order chi connectivity index (χ1) is 17.4. The van der Waals surface area contributed by atoms with Gasteiger partial charge < -0.3 is 25.6 Å². The molecule has 0 aromatic heterocycles. The maximum absolute atomic E-state index is 13.1. The van der Waals surface area contributed by atoms with Crippen LogP contribution in [0.25, 0.3) is 0 Å². The quantitative estimate of drug-likeness (QED) is 0.365. The molecule has 1 unspecified atom stereocenters. The number of piperazine rings is 1. The van der Waals surface area contributed by atoms with Crippen LogP contribution in [0.5, 0.6) is 11.5 Å². The molecule has 1 fully saturated rings. The highest BCUT2D eigenvalue weighted by molar-refractivity contribution is 5.79. The number of hydrogen-bond acceptors (Lipinski definition) is 6. The van der Waals surface area contributed by atoms with E-state index in [0.717, 1.165) is 5.69 Å². The Morgan fingerprint density at radius 3 is 2.25 bits per heavy atom. The second-order valence-electron chi connectivity index (χ2n) is 8.39. The second kappa shape index (κ2) is 11.2. The van der Waals surface area contributed by atoms with Crippen molar-refractivity contribution in [1.29, 1.82) is 0 Å². The summed E-state index contributed by atoms with van der Waals surface area (Å²) in [6.45, 7) is 2.18. The molecule has 3 amide bonds. The zero-order valence-corrected chi connectivity index (χ0v) is 19.6. The predicted octanol–water partition coefficient (Wildman–Crippen LogP) is 3.84. The molecule has 3 N–H and O–H groups in total. The highest BCUT2D eigenvalue weighted by atomic mass is 16.6. The number of non-ortho nitro benzene ring substituents is 1. The number of urea groups is 1. The molecule has 3 aromatic carbocycles. The van der Waals surface area contributed by atoms with Crippen LogP contribution < -0.4 is 20.7 Å². The lowest BCUT2D eigenvalue weighted by Gasteiger charge is -2.36. The summed E-state index contributed by atoms with van der Waals surface area (Å²) < 4.78 is 5.89. The van der Waals surface area contributed by atoms with Crippen LogP contribution in [0, 0.1) is 10.1 Å². The minimum Gasteiger partial charge on any atom is -0.457 e. The Hall–Kier alpha value is -4.60. The number of nitrogens with zero attached hydrogens (tertiary/aromatic N) is 3. The highest BCUT2D eigenvalue weighted by Gasteiger charge is 2.25. The van der Waals surface area contributed by atoms with E-state index in [9.17, 15) is 19.7 Å². The van der Waals surface area contributed by atoms with Gasteiger partial charge in [-0.05, 0) is 42.0 Å². The third-order valence-electron chi connectivity index (χ3n) is 5.99. The zero-order chi connectivity index (χ0) is 25.5. The van der Waals surface area contributed by atoms with Gasteiger partial charge in [0.25, 0.3) is 5.69 Å². The molecule has 1 aliphatic heterocycles. The fourth-order valence-electron chi connectivity index (χ4n) is 4.15. The molecule has 1 atom stereocenters. The first-order valence-corrected chi connectivity index (χ1v) is 11.5. The van der Waals surface area contributed by atoms with Gasteiger partial charge in [-0.3, -0.25) is 14.9 Å². The third-order valence-corrected chi connectivity index (χ3v) is 5.99. The minimum atomic E-state index is -0.717. The summed E-state index contributed by atoms with van der Waals surface area (Å²) in [5.74, 6) is 1.15. The van der Waals surface area contributed by atoms with Gasteiger partial charge in [0.2, 0.25) is 5.91 Å². The minimum absolute atomic E-state index is 0.0406. The number of ether oxygens (including phenoxy) is 1. The van der Waals surface area contributed by atoms with E-state index in [1.54, 1.807) is 35.2 Å². The lowest BCUT2D eigenvalue weighted by atomic mass is 10.0. The number of carbonyl (C=O) groups excluding carboxylic acids is 2. The molecule has 0 aliphatic carbocycles. The number of carbonyl (C=O) groups is 2. The molecule has 10 heteroatoms. The van der Waals surface area contributed by atoms with E-state index in [-0.39, 0.29) is 18.0 Å². The number of nitro groups is 1. The lowest BCUT2D eigenvalue weighted by molar-refractivity contribution is -0.384. The number of nitro benzene ring substituents is 1. The van der Waals surface area contributed by atoms with E-state index >= 15 is 0 Å². The van der Waals surface area contributed by atoms with Gasteiger partial charge in [-0.25, -0.2) is 4.79 Å². The van der Waals surface area contributed by atoms with E-state index in [1.165, 1.54) is 12.1 Å². The van der Waals surface area contributed by atoms with E-state index in [4.69, 9.17) is 10.5 Å². The average molecular weight is 490 g/mol. The fraction of sp³-hybridized carbons (Fsp3) is 0.231. The number of hydrogen-bond donors (Lipinski definition) is 2. The zero-order valence-electron chi connectivity index (χ0n) is 19.6. The lowest BCUT2D eigenvalue weighted by Crippen LogP contribution is -2.49. The Bertz CT molecular complexity index is 1210. The Labute approximate surface area is 208 Å². The van der Waals surface area contributed by atoms with E-state index in [1.807, 2.05) is 36.4 Å². The molecule has 1 saturated heterocycles. The summed E-state index contributed by atoms with van der Waals surface area (Å²) >= 11 is 0. The van der Waals surface area contributed by atoms with Crippen molar-refractivity contribution < 1.29 is 19.2 Å². The Morgan fingerprint density at radius 2 is 1.61 bits per heavy atom. The van der Waals surface area contributed by atoms with Gasteiger partial charge in [0.05, 0.1) is 17.4 Å². The Morgan fingerprint density at radius 1 is 0.944 bits per heavy atom. The molecular formula is C26H27N5O5. The average Bonchev–Trinajstić information content (AvgIpc) is 2.89. The van der Waals surface area contributed by atoms with Gasteiger partial charge in [0.1, 0.15) is 11.5 Å². The van der Waals surface area contributed by atoms with Crippen LogP contribution in [-0.4, -0.2) is 47.9 Å². The van der Waals surface area contributed by atoms with E-state index in [2.05, 4.69) is 10.2 Å². The number of nitrogens with one attached hydrogen (secondary N) is 1. The highest BCUT2D eigenvalue weighted by Crippen LogP contribution is 2.27. The summed E-state index contributed by atoms with van der Waals surface area (Å²) in [6, 6.07) is 21.6. The largest absolute Gasteiger partial charge is 0.457 e. The number of amides is 3. The molecule has 4 rings (SSSR count). The van der Waals surface area contributed by atoms with Crippen molar-refractivity contribution in [3.63, 3.8) is 0 Å². The predicted molar refractivity (Wildman–Crippen MR) is 135 cm³/mol. The molecule has 10 nitrogen and oxygen atoms in total. The maximum Gasteiger partial charge on any atom is 0.312 e. The van der Waals surface area contributed by atoms with Crippen molar-refractivity contribution in [3.8, 4) is 11.5 Å². The van der Waals surface area contributed by atoms with Crippen LogP contribution in [0.2, 0.25) is 0 Å². The third kappa shape index (κ3) is 6.29. The van der Waals surface area contributed by atoms with Gasteiger partial charge >= 0.3 is 6.03 Å². The van der Waals surface area contributed by atoms with Crippen LogP contribution in [0.1, 0.15) is 18.0 Å². The van der Waals surface area contributed by atoms with Crippen LogP contribution in [0.4, 0.5) is 16.2 Å². The Balaban J connectivity index is 1.39. The topological polar surface area (TPSA) is 131 Å². The number of anilines is 1. The van der Waals surface area contributed by atoms with Crippen molar-refractivity contribution in [2.45, 2.75) is 12.5 Å². The summed E-state index contributed by atoms with van der Waals surface area (Å²) in [7, 11) is 0. The van der Waals surface area contributed by atoms with E-state index in [0.29, 0.717) is 43.2 Å². The second-order valence-corrected chi connectivity index (χ2v) is 8.39. The van der Waals surface area contributed by atoms with Crippen molar-refractivity contribution >= 4 is 23.3 Å². The normalized spacial score (nSPS) is 14.1. The molecule has 1 heterocycles. The number of para-hydroxylation sites is 1. The molecule has 3 aromatic rings. The monoisotopic (exact) mass is 489 g/mol. The van der Waals surface area contributed by atoms with Crippen molar-refractivity contribution in [2.75, 3.05) is 31.1 Å². The fourth-order valence-corrected chi connectivity index (χ4v) is 4.15. The van der Waals surface area contributed by atoms with Gasteiger partial charge in [0.15, 0.2) is 0 Å². The first-order valence-electron chi connectivity index (χ1n) is 11.5. The van der Waals surface area contributed by atoms with Crippen molar-refractivity contribution in [2.24, 2.45) is 5.73 Å². The van der Waals surface area contributed by atoms with Crippen LogP contribution >= 0.6 is 0 Å². The van der Waals surface area contributed by atoms with E-state index < -0.39 is 17.0 Å². The molecule has 36 heavy (non-hydrogen) atoms. The van der Waals surface area contributed by atoms with Crippen LogP contribution in [0.3, 0.4) is 0 Å². The van der Waals surface area contributed by atoms with Gasteiger partial charge in [0, 0.05) is 44.0 Å². The molecule has 0 bridgehead atoms. The number of primary amides is 1. The van der Waals surface area contributed by atoms with Crippen LogP contribution in [-0.2, 0) is 4.79 Å². The summed E-state index contributed by atoms with van der Waals surface area (Å²) in [4.78, 5) is 39.1. The molecular weight excluding hydrogens is 462 g/mol. The van der Waals surface area contributed by atoms with Crippen molar-refractivity contribution in [3.05, 3.63) is 94.5 Å². The number of benzene rings is 3. The van der Waals surface area contributed by atoms with Gasteiger partial charge in [-0.1, -0.05) is 30.3 Å². The van der Waals surface area contributed by atoms with Gasteiger partial charge in [-0.15, -0.1) is 0 Å². The summed E-state index contributed by atoms with van der Waals surface area (Å²) in [5.41, 5.74) is 7.02. The SMILES string of the molecule is NC(=O)NC(CC(=O)N1CCN(c2ccc([N+](=O)[O-])cc2)CC1)c1cccc(Oc2ccccc2)c1. The Kier molecular flexibility index (Phi) is 7.64.